The highest BCUT2D eigenvalue weighted by Crippen LogP contribution is 2.29. The minimum atomic E-state index is -0.772. The van der Waals surface area contributed by atoms with Gasteiger partial charge in [0.15, 0.2) is 0 Å². The van der Waals surface area contributed by atoms with Gasteiger partial charge in [-0.15, -0.1) is 0 Å². The molecule has 2 rings (SSSR count). The van der Waals surface area contributed by atoms with E-state index < -0.39 is 11.9 Å². The molecule has 1 N–H and O–H groups in total. The lowest BCUT2D eigenvalue weighted by atomic mass is 9.99. The lowest BCUT2D eigenvalue weighted by Crippen LogP contribution is -2.22. The minimum absolute atomic E-state index is 0.319. The van der Waals surface area contributed by atoms with Gasteiger partial charge in [-0.05, 0) is 37.7 Å². The van der Waals surface area contributed by atoms with E-state index in [2.05, 4.69) is 0 Å². The second kappa shape index (κ2) is 6.01. The summed E-state index contributed by atoms with van der Waals surface area (Å²) in [4.78, 5) is 11.2. The molecule has 98 valence electrons. The van der Waals surface area contributed by atoms with E-state index in [1.807, 2.05) is 31.2 Å². The fourth-order valence-corrected chi connectivity index (χ4v) is 1.89. The molecule has 1 saturated carbocycles. The Morgan fingerprint density at radius 1 is 1.39 bits per heavy atom. The molecule has 0 amide bonds. The van der Waals surface area contributed by atoms with Crippen LogP contribution in [0.15, 0.2) is 24.3 Å². The first-order valence-electron chi connectivity index (χ1n) is 6.51. The number of ether oxygens (including phenoxy) is 1. The second-order valence-corrected chi connectivity index (χ2v) is 5.21. The number of aliphatic carboxylic acids is 1. The predicted octanol–water partition coefficient (Wildman–Crippen LogP) is 2.66. The van der Waals surface area contributed by atoms with E-state index >= 15 is 0 Å². The molecule has 1 aliphatic carbocycles. The van der Waals surface area contributed by atoms with Crippen LogP contribution in [-0.4, -0.2) is 24.3 Å². The molecule has 3 heteroatoms. The number of hydrogen-bond donors (Lipinski definition) is 1. The van der Waals surface area contributed by atoms with Gasteiger partial charge < -0.3 is 9.84 Å². The summed E-state index contributed by atoms with van der Waals surface area (Å²) in [6.07, 6.45) is 3.01. The van der Waals surface area contributed by atoms with E-state index in [1.165, 1.54) is 18.4 Å². The molecule has 1 unspecified atom stereocenters. The Morgan fingerprint density at radius 2 is 2.06 bits per heavy atom. The molecular formula is C15H20O3. The molecule has 0 spiro atoms. The topological polar surface area (TPSA) is 46.5 Å². The fraction of sp³-hybridized carbons (Fsp3) is 0.533. The maximum absolute atomic E-state index is 11.2. The normalized spacial score (nSPS) is 16.5. The number of carboxylic acids is 1. The molecule has 1 aromatic rings. The Morgan fingerprint density at radius 3 is 2.61 bits per heavy atom. The predicted molar refractivity (Wildman–Crippen MR) is 69.6 cm³/mol. The summed E-state index contributed by atoms with van der Waals surface area (Å²) in [6.45, 7) is 3.06. The van der Waals surface area contributed by atoms with Gasteiger partial charge in [-0.2, -0.15) is 0 Å². The van der Waals surface area contributed by atoms with E-state index in [9.17, 15) is 9.90 Å². The molecule has 18 heavy (non-hydrogen) atoms. The van der Waals surface area contributed by atoms with Gasteiger partial charge in [-0.25, -0.2) is 0 Å². The number of benzene rings is 1. The molecule has 1 fully saturated rings. The zero-order valence-corrected chi connectivity index (χ0v) is 10.8. The van der Waals surface area contributed by atoms with Gasteiger partial charge in [0, 0.05) is 6.61 Å². The van der Waals surface area contributed by atoms with Crippen molar-refractivity contribution >= 4 is 5.97 Å². The maximum atomic E-state index is 11.2. The number of hydrogen-bond acceptors (Lipinski definition) is 2. The van der Waals surface area contributed by atoms with Crippen molar-refractivity contribution in [3.05, 3.63) is 35.4 Å². The summed E-state index contributed by atoms with van der Waals surface area (Å²) < 4.78 is 5.50. The van der Waals surface area contributed by atoms with Crippen LogP contribution in [0.3, 0.4) is 0 Å². The van der Waals surface area contributed by atoms with Crippen molar-refractivity contribution in [1.82, 2.24) is 0 Å². The third-order valence-electron chi connectivity index (χ3n) is 3.32. The zero-order chi connectivity index (χ0) is 13.0. The van der Waals surface area contributed by atoms with Crippen molar-refractivity contribution in [2.45, 2.75) is 26.2 Å². The summed E-state index contributed by atoms with van der Waals surface area (Å²) in [7, 11) is 0. The van der Waals surface area contributed by atoms with Crippen LogP contribution in [0.5, 0.6) is 0 Å². The first kappa shape index (κ1) is 13.1. The average Bonchev–Trinajstić information content (AvgIpc) is 3.14. The van der Waals surface area contributed by atoms with Crippen LogP contribution < -0.4 is 0 Å². The molecule has 0 radical (unpaired) electrons. The highest BCUT2D eigenvalue weighted by molar-refractivity contribution is 5.70. The molecule has 0 bridgehead atoms. The van der Waals surface area contributed by atoms with Gasteiger partial charge in [0.2, 0.25) is 0 Å². The van der Waals surface area contributed by atoms with Crippen molar-refractivity contribution in [3.63, 3.8) is 0 Å². The van der Waals surface area contributed by atoms with Crippen LogP contribution in [0, 0.1) is 18.8 Å². The van der Waals surface area contributed by atoms with E-state index in [0.29, 0.717) is 18.9 Å². The molecular weight excluding hydrogens is 228 g/mol. The maximum Gasteiger partial charge on any atom is 0.309 e. The van der Waals surface area contributed by atoms with Crippen molar-refractivity contribution in [3.8, 4) is 0 Å². The summed E-state index contributed by atoms with van der Waals surface area (Å²) >= 11 is 0. The molecule has 3 nitrogen and oxygen atoms in total. The van der Waals surface area contributed by atoms with E-state index in [-0.39, 0.29) is 0 Å². The van der Waals surface area contributed by atoms with Crippen LogP contribution in [0.1, 0.15) is 24.0 Å². The van der Waals surface area contributed by atoms with Gasteiger partial charge in [-0.1, -0.05) is 29.8 Å². The Bertz CT molecular complexity index is 393. The van der Waals surface area contributed by atoms with Crippen LogP contribution in [0.2, 0.25) is 0 Å². The highest BCUT2D eigenvalue weighted by Gasteiger charge is 2.23. The van der Waals surface area contributed by atoms with Crippen molar-refractivity contribution in [2.24, 2.45) is 11.8 Å². The largest absolute Gasteiger partial charge is 0.481 e. The second-order valence-electron chi connectivity index (χ2n) is 5.21. The van der Waals surface area contributed by atoms with E-state index in [4.69, 9.17) is 4.74 Å². The Kier molecular flexibility index (Phi) is 4.37. The Labute approximate surface area is 108 Å². The summed E-state index contributed by atoms with van der Waals surface area (Å²) in [6, 6.07) is 8.01. The molecule has 1 aromatic carbocycles. The third kappa shape index (κ3) is 4.15. The fourth-order valence-electron chi connectivity index (χ4n) is 1.89. The Hall–Kier alpha value is -1.35. The molecule has 1 atom stereocenters. The van der Waals surface area contributed by atoms with Crippen LogP contribution in [0.25, 0.3) is 0 Å². The van der Waals surface area contributed by atoms with E-state index in [1.54, 1.807) is 0 Å². The minimum Gasteiger partial charge on any atom is -0.481 e. The molecule has 1 aliphatic rings. The van der Waals surface area contributed by atoms with E-state index in [0.717, 1.165) is 12.2 Å². The van der Waals surface area contributed by atoms with Gasteiger partial charge in [0.25, 0.3) is 0 Å². The number of carboxylic acid groups (broad SMARTS) is 1. The summed E-state index contributed by atoms with van der Waals surface area (Å²) in [5.74, 6) is -0.531. The molecule has 0 aliphatic heterocycles. The first-order chi connectivity index (χ1) is 8.65. The van der Waals surface area contributed by atoms with Gasteiger partial charge in [-0.3, -0.25) is 4.79 Å². The quantitative estimate of drug-likeness (QED) is 0.807. The van der Waals surface area contributed by atoms with Crippen molar-refractivity contribution in [2.75, 3.05) is 13.2 Å². The van der Waals surface area contributed by atoms with Gasteiger partial charge in [0.05, 0.1) is 12.5 Å². The van der Waals surface area contributed by atoms with Crippen molar-refractivity contribution < 1.29 is 14.6 Å². The molecule has 0 saturated heterocycles. The average molecular weight is 248 g/mol. The first-order valence-corrected chi connectivity index (χ1v) is 6.51. The molecule has 0 heterocycles. The standard InChI is InChI=1S/C15H20O3/c1-11-2-4-12(5-3-11)8-14(15(16)17)10-18-9-13-6-7-13/h2-5,13-14H,6-10H2,1H3,(H,16,17). The summed E-state index contributed by atoms with van der Waals surface area (Å²) in [5.41, 5.74) is 2.25. The van der Waals surface area contributed by atoms with Gasteiger partial charge >= 0.3 is 5.97 Å². The molecule has 0 aromatic heterocycles. The Balaban J connectivity index is 1.84. The van der Waals surface area contributed by atoms with Crippen LogP contribution in [0.4, 0.5) is 0 Å². The SMILES string of the molecule is Cc1ccc(CC(COCC2CC2)C(=O)O)cc1. The monoisotopic (exact) mass is 248 g/mol. The third-order valence-corrected chi connectivity index (χ3v) is 3.32. The highest BCUT2D eigenvalue weighted by atomic mass is 16.5. The lowest BCUT2D eigenvalue weighted by Gasteiger charge is -2.13. The lowest BCUT2D eigenvalue weighted by molar-refractivity contribution is -0.143. The van der Waals surface area contributed by atoms with Crippen LogP contribution in [-0.2, 0) is 16.0 Å². The zero-order valence-electron chi connectivity index (χ0n) is 10.8. The van der Waals surface area contributed by atoms with Crippen molar-refractivity contribution in [1.29, 1.82) is 0 Å². The smallest absolute Gasteiger partial charge is 0.309 e. The van der Waals surface area contributed by atoms with Crippen LogP contribution >= 0.6 is 0 Å². The number of aryl methyl sites for hydroxylation is 1. The number of rotatable bonds is 7. The van der Waals surface area contributed by atoms with Gasteiger partial charge in [0.1, 0.15) is 0 Å². The summed E-state index contributed by atoms with van der Waals surface area (Å²) in [5, 5.41) is 9.19. The number of carbonyl (C=O) groups is 1.